The van der Waals surface area contributed by atoms with Crippen molar-refractivity contribution in [1.82, 2.24) is 9.88 Å². The molecule has 140 valence electrons. The van der Waals surface area contributed by atoms with E-state index in [9.17, 15) is 0 Å². The molecule has 2 unspecified atom stereocenters. The van der Waals surface area contributed by atoms with Crippen LogP contribution < -0.4 is 4.74 Å². The predicted molar refractivity (Wildman–Crippen MR) is 110 cm³/mol. The maximum Gasteiger partial charge on any atom is 0.118 e. The number of benzene rings is 2. The first-order valence-electron chi connectivity index (χ1n) is 10.2. The number of hydrogen-bond acceptors (Lipinski definition) is 2. The van der Waals surface area contributed by atoms with Crippen molar-refractivity contribution >= 4 is 10.9 Å². The molecule has 27 heavy (non-hydrogen) atoms. The average Bonchev–Trinajstić information content (AvgIpc) is 3.08. The summed E-state index contributed by atoms with van der Waals surface area (Å²) in [5, 5.41) is 1.45. The second kappa shape index (κ2) is 7.05. The molecule has 1 aliphatic heterocycles. The van der Waals surface area contributed by atoms with Gasteiger partial charge in [-0.1, -0.05) is 30.3 Å². The van der Waals surface area contributed by atoms with E-state index in [0.717, 1.165) is 30.6 Å². The van der Waals surface area contributed by atoms with Crippen molar-refractivity contribution in [3.8, 4) is 5.75 Å². The van der Waals surface area contributed by atoms with Crippen molar-refractivity contribution in [2.24, 2.45) is 11.8 Å². The van der Waals surface area contributed by atoms with Crippen molar-refractivity contribution in [2.75, 3.05) is 26.7 Å². The Kier molecular flexibility index (Phi) is 4.41. The summed E-state index contributed by atoms with van der Waals surface area (Å²) in [6.45, 7) is 3.66. The SMILES string of the molecule is COc1ccc(CCN2CCC3Cc4[nH]c5ccccc5c4CC3C2)cc1. The zero-order valence-corrected chi connectivity index (χ0v) is 16.1. The van der Waals surface area contributed by atoms with Crippen molar-refractivity contribution < 1.29 is 4.74 Å². The Morgan fingerprint density at radius 2 is 1.89 bits per heavy atom. The smallest absolute Gasteiger partial charge is 0.118 e. The molecule has 3 heteroatoms. The van der Waals surface area contributed by atoms with Crippen molar-refractivity contribution in [2.45, 2.75) is 25.7 Å². The number of para-hydroxylation sites is 1. The quantitative estimate of drug-likeness (QED) is 0.744. The van der Waals surface area contributed by atoms with Gasteiger partial charge in [-0.2, -0.15) is 0 Å². The summed E-state index contributed by atoms with van der Waals surface area (Å²) in [5.74, 6) is 2.60. The van der Waals surface area contributed by atoms with Crippen LogP contribution in [-0.2, 0) is 19.3 Å². The molecule has 2 aromatic carbocycles. The highest BCUT2D eigenvalue weighted by molar-refractivity contribution is 5.84. The minimum Gasteiger partial charge on any atom is -0.497 e. The lowest BCUT2D eigenvalue weighted by atomic mass is 9.74. The number of nitrogens with zero attached hydrogens (tertiary/aromatic N) is 1. The Hall–Kier alpha value is -2.26. The van der Waals surface area contributed by atoms with E-state index in [4.69, 9.17) is 4.74 Å². The van der Waals surface area contributed by atoms with Crippen LogP contribution in [0.15, 0.2) is 48.5 Å². The van der Waals surface area contributed by atoms with Gasteiger partial charge in [0.25, 0.3) is 0 Å². The molecule has 2 heterocycles. The third kappa shape index (κ3) is 3.25. The van der Waals surface area contributed by atoms with Gasteiger partial charge in [-0.15, -0.1) is 0 Å². The summed E-state index contributed by atoms with van der Waals surface area (Å²) in [6.07, 6.45) is 4.94. The van der Waals surface area contributed by atoms with Gasteiger partial charge in [0.1, 0.15) is 5.75 Å². The van der Waals surface area contributed by atoms with Gasteiger partial charge in [-0.05, 0) is 73.4 Å². The Morgan fingerprint density at radius 1 is 1.04 bits per heavy atom. The number of fused-ring (bicyclic) bond motifs is 4. The zero-order valence-electron chi connectivity index (χ0n) is 16.1. The molecule has 1 aliphatic carbocycles. The summed E-state index contributed by atoms with van der Waals surface area (Å²) in [4.78, 5) is 6.38. The van der Waals surface area contributed by atoms with E-state index < -0.39 is 0 Å². The van der Waals surface area contributed by atoms with Gasteiger partial charge in [0.05, 0.1) is 7.11 Å². The van der Waals surface area contributed by atoms with Crippen LogP contribution in [0.25, 0.3) is 10.9 Å². The number of piperidine rings is 1. The lowest BCUT2D eigenvalue weighted by molar-refractivity contribution is 0.112. The van der Waals surface area contributed by atoms with Crippen LogP contribution in [0.3, 0.4) is 0 Å². The Labute approximate surface area is 161 Å². The number of nitrogens with one attached hydrogen (secondary N) is 1. The summed E-state index contributed by atoms with van der Waals surface area (Å²) < 4.78 is 5.26. The fourth-order valence-corrected chi connectivity index (χ4v) is 5.13. The zero-order chi connectivity index (χ0) is 18.2. The highest BCUT2D eigenvalue weighted by Crippen LogP contribution is 2.38. The predicted octanol–water partition coefficient (Wildman–Crippen LogP) is 4.46. The molecule has 0 amide bonds. The van der Waals surface area contributed by atoms with E-state index in [1.54, 1.807) is 12.7 Å². The van der Waals surface area contributed by atoms with E-state index in [1.807, 2.05) is 0 Å². The minimum atomic E-state index is 0.807. The summed E-state index contributed by atoms with van der Waals surface area (Å²) in [6, 6.07) is 17.4. The molecule has 0 saturated carbocycles. The van der Waals surface area contributed by atoms with Crippen molar-refractivity contribution in [1.29, 1.82) is 0 Å². The highest BCUT2D eigenvalue weighted by atomic mass is 16.5. The fourth-order valence-electron chi connectivity index (χ4n) is 5.13. The molecular formula is C24H28N2O. The lowest BCUT2D eigenvalue weighted by Crippen LogP contribution is -2.44. The van der Waals surface area contributed by atoms with E-state index in [0.29, 0.717) is 0 Å². The van der Waals surface area contributed by atoms with E-state index in [1.165, 1.54) is 54.5 Å². The lowest BCUT2D eigenvalue weighted by Gasteiger charge is -2.41. The van der Waals surface area contributed by atoms with Gasteiger partial charge in [0, 0.05) is 29.7 Å². The van der Waals surface area contributed by atoms with Crippen LogP contribution in [-0.4, -0.2) is 36.6 Å². The molecule has 0 bridgehead atoms. The Morgan fingerprint density at radius 3 is 2.74 bits per heavy atom. The molecule has 3 nitrogen and oxygen atoms in total. The van der Waals surface area contributed by atoms with Gasteiger partial charge < -0.3 is 14.6 Å². The molecule has 3 aromatic rings. The summed E-state index contributed by atoms with van der Waals surface area (Å²) >= 11 is 0. The molecule has 5 rings (SSSR count). The van der Waals surface area contributed by atoms with Crippen LogP contribution in [0.1, 0.15) is 23.2 Å². The fraction of sp³-hybridized carbons (Fsp3) is 0.417. The molecule has 2 aliphatic rings. The van der Waals surface area contributed by atoms with Crippen LogP contribution in [0.4, 0.5) is 0 Å². The van der Waals surface area contributed by atoms with Gasteiger partial charge in [0.2, 0.25) is 0 Å². The number of aromatic nitrogens is 1. The molecule has 1 N–H and O–H groups in total. The van der Waals surface area contributed by atoms with Crippen LogP contribution in [0.5, 0.6) is 5.75 Å². The number of likely N-dealkylation sites (tertiary alicyclic amines) is 1. The topological polar surface area (TPSA) is 28.3 Å². The standard InChI is InChI=1S/C24H28N2O/c1-27-20-8-6-17(7-9-20)10-12-26-13-11-18-15-24-22(14-19(18)16-26)21-4-2-3-5-23(21)25-24/h2-9,18-19,25H,10-16H2,1H3. The van der Waals surface area contributed by atoms with Gasteiger partial charge in [0.15, 0.2) is 0 Å². The second-order valence-corrected chi connectivity index (χ2v) is 8.24. The van der Waals surface area contributed by atoms with E-state index in [2.05, 4.69) is 58.4 Å². The molecule has 2 atom stereocenters. The first kappa shape index (κ1) is 16.9. The molecular weight excluding hydrogens is 332 g/mol. The number of methoxy groups -OCH3 is 1. The van der Waals surface area contributed by atoms with Gasteiger partial charge >= 0.3 is 0 Å². The summed E-state index contributed by atoms with van der Waals surface area (Å²) in [5.41, 5.74) is 5.81. The van der Waals surface area contributed by atoms with Crippen molar-refractivity contribution in [3.63, 3.8) is 0 Å². The molecule has 1 saturated heterocycles. The molecule has 1 aromatic heterocycles. The average molecular weight is 361 g/mol. The summed E-state index contributed by atoms with van der Waals surface area (Å²) in [7, 11) is 1.72. The van der Waals surface area contributed by atoms with Crippen molar-refractivity contribution in [3.05, 3.63) is 65.4 Å². The highest BCUT2D eigenvalue weighted by Gasteiger charge is 2.34. The molecule has 0 spiro atoms. The first-order valence-corrected chi connectivity index (χ1v) is 10.2. The van der Waals surface area contributed by atoms with Crippen LogP contribution in [0, 0.1) is 11.8 Å². The number of H-pyrrole nitrogens is 1. The maximum atomic E-state index is 5.26. The van der Waals surface area contributed by atoms with Gasteiger partial charge in [-0.25, -0.2) is 0 Å². The normalized spacial score (nSPS) is 22.4. The second-order valence-electron chi connectivity index (χ2n) is 8.24. The van der Waals surface area contributed by atoms with Crippen LogP contribution in [0.2, 0.25) is 0 Å². The third-order valence-corrected chi connectivity index (χ3v) is 6.69. The Balaban J connectivity index is 1.25. The maximum absolute atomic E-state index is 5.26. The first-order chi connectivity index (χ1) is 13.3. The monoisotopic (exact) mass is 360 g/mol. The van der Waals surface area contributed by atoms with Crippen LogP contribution >= 0.6 is 0 Å². The molecule has 1 fully saturated rings. The number of hydrogen-bond donors (Lipinski definition) is 1. The largest absolute Gasteiger partial charge is 0.497 e. The number of aromatic amines is 1. The minimum absolute atomic E-state index is 0.807. The van der Waals surface area contributed by atoms with E-state index >= 15 is 0 Å². The Bertz CT molecular complexity index is 927. The van der Waals surface area contributed by atoms with E-state index in [-0.39, 0.29) is 0 Å². The van der Waals surface area contributed by atoms with Gasteiger partial charge in [-0.3, -0.25) is 0 Å². The molecule has 0 radical (unpaired) electrons. The third-order valence-electron chi connectivity index (χ3n) is 6.69. The number of ether oxygens (including phenoxy) is 1. The number of rotatable bonds is 4.